The van der Waals surface area contributed by atoms with Gasteiger partial charge in [0.2, 0.25) is 0 Å². The third kappa shape index (κ3) is 3.66. The molecule has 0 fully saturated rings. The number of unbranched alkanes of at least 4 members (excludes halogenated alkanes) is 1. The highest BCUT2D eigenvalue weighted by molar-refractivity contribution is 5.95. The molecule has 1 aromatic rings. The summed E-state index contributed by atoms with van der Waals surface area (Å²) in [5.41, 5.74) is 14.3. The highest BCUT2D eigenvalue weighted by atomic mass is 14.7. The number of nitrogen functional groups attached to an aromatic ring is 1. The van der Waals surface area contributed by atoms with Gasteiger partial charge in [-0.2, -0.15) is 0 Å². The smallest absolute Gasteiger partial charge is 0.122 e. The number of nitrogens with one attached hydrogen (secondary N) is 1. The van der Waals surface area contributed by atoms with E-state index >= 15 is 0 Å². The van der Waals surface area contributed by atoms with E-state index in [1.54, 1.807) is 0 Å². The molecule has 88 valence electrons. The number of nitrogens with two attached hydrogens (primary N) is 2. The fraction of sp³-hybridized carbons (Fsp3) is 0.462. The number of hydrogen-bond acceptors (Lipinski definition) is 2. The zero-order valence-electron chi connectivity index (χ0n) is 9.92. The average Bonchev–Trinajstić information content (AvgIpc) is 2.29. The van der Waals surface area contributed by atoms with Crippen LogP contribution in [-0.2, 0) is 12.8 Å². The molecule has 0 bridgehead atoms. The van der Waals surface area contributed by atoms with Crippen molar-refractivity contribution in [3.8, 4) is 0 Å². The molecule has 1 aromatic carbocycles. The van der Waals surface area contributed by atoms with Crippen LogP contribution in [0.4, 0.5) is 0 Å². The van der Waals surface area contributed by atoms with Crippen molar-refractivity contribution in [2.45, 2.75) is 32.6 Å². The summed E-state index contributed by atoms with van der Waals surface area (Å²) in [5, 5.41) is 7.47. The Morgan fingerprint density at radius 2 is 1.88 bits per heavy atom. The Balaban J connectivity index is 2.82. The van der Waals surface area contributed by atoms with Gasteiger partial charge in [-0.1, -0.05) is 13.0 Å². The van der Waals surface area contributed by atoms with Crippen molar-refractivity contribution in [2.24, 2.45) is 11.5 Å². The predicted molar refractivity (Wildman–Crippen MR) is 68.8 cm³/mol. The molecule has 5 N–H and O–H groups in total. The summed E-state index contributed by atoms with van der Waals surface area (Å²) >= 11 is 0. The van der Waals surface area contributed by atoms with Gasteiger partial charge in [0.1, 0.15) is 5.84 Å². The molecule has 0 saturated heterocycles. The van der Waals surface area contributed by atoms with Crippen LogP contribution in [0.5, 0.6) is 0 Å². The van der Waals surface area contributed by atoms with Crippen LogP contribution in [0, 0.1) is 5.41 Å². The van der Waals surface area contributed by atoms with Crippen molar-refractivity contribution in [2.75, 3.05) is 6.54 Å². The molecule has 0 atom stereocenters. The second-order valence-corrected chi connectivity index (χ2v) is 4.05. The minimum absolute atomic E-state index is 0.148. The second-order valence-electron chi connectivity index (χ2n) is 4.05. The van der Waals surface area contributed by atoms with Gasteiger partial charge < -0.3 is 11.5 Å². The summed E-state index contributed by atoms with van der Waals surface area (Å²) in [6.07, 6.45) is 4.14. The van der Waals surface area contributed by atoms with Crippen molar-refractivity contribution in [1.82, 2.24) is 0 Å². The molecular weight excluding hydrogens is 198 g/mol. The minimum Gasteiger partial charge on any atom is -0.384 e. The van der Waals surface area contributed by atoms with E-state index in [0.717, 1.165) is 37.8 Å². The fourth-order valence-corrected chi connectivity index (χ4v) is 1.74. The van der Waals surface area contributed by atoms with Crippen LogP contribution in [0.15, 0.2) is 18.2 Å². The van der Waals surface area contributed by atoms with Gasteiger partial charge in [0.05, 0.1) is 0 Å². The minimum atomic E-state index is 0.148. The molecule has 0 saturated carbocycles. The van der Waals surface area contributed by atoms with Gasteiger partial charge in [-0.25, -0.2) is 0 Å². The molecule has 0 aliphatic carbocycles. The summed E-state index contributed by atoms with van der Waals surface area (Å²) in [6, 6.07) is 6.20. The van der Waals surface area contributed by atoms with Crippen molar-refractivity contribution in [3.05, 3.63) is 34.9 Å². The predicted octanol–water partition coefficient (Wildman–Crippen LogP) is 1.81. The lowest BCUT2D eigenvalue weighted by Crippen LogP contribution is -2.12. The van der Waals surface area contributed by atoms with Crippen molar-refractivity contribution in [3.63, 3.8) is 0 Å². The van der Waals surface area contributed by atoms with Crippen LogP contribution in [-0.4, -0.2) is 12.4 Å². The molecule has 3 heteroatoms. The first-order valence-corrected chi connectivity index (χ1v) is 5.84. The van der Waals surface area contributed by atoms with Crippen LogP contribution in [0.3, 0.4) is 0 Å². The third-order valence-electron chi connectivity index (χ3n) is 2.69. The lowest BCUT2D eigenvalue weighted by atomic mass is 10.00. The van der Waals surface area contributed by atoms with E-state index in [0.29, 0.717) is 0 Å². The first-order chi connectivity index (χ1) is 7.67. The summed E-state index contributed by atoms with van der Waals surface area (Å²) in [5.74, 6) is 0.148. The standard InChI is InChI=1S/C13H21N3/c1-2-10-7-11(5-3-4-6-14)9-12(8-10)13(15)16/h7-9H,2-6,14H2,1H3,(H3,15,16). The SMILES string of the molecule is CCc1cc(CCCCN)cc(C(=N)N)c1. The van der Waals surface area contributed by atoms with Gasteiger partial charge in [0, 0.05) is 5.56 Å². The number of rotatable bonds is 6. The summed E-state index contributed by atoms with van der Waals surface area (Å²) in [4.78, 5) is 0. The number of hydrogen-bond donors (Lipinski definition) is 3. The van der Waals surface area contributed by atoms with Crippen LogP contribution >= 0.6 is 0 Å². The molecule has 1 rings (SSSR count). The van der Waals surface area contributed by atoms with E-state index in [9.17, 15) is 0 Å². The lowest BCUT2D eigenvalue weighted by molar-refractivity contribution is 0.744. The van der Waals surface area contributed by atoms with Gasteiger partial charge in [-0.05, 0) is 55.5 Å². The van der Waals surface area contributed by atoms with Crippen molar-refractivity contribution < 1.29 is 0 Å². The molecule has 0 unspecified atom stereocenters. The first kappa shape index (κ1) is 12.7. The average molecular weight is 219 g/mol. The Kier molecular flexibility index (Phi) is 4.99. The number of aryl methyl sites for hydroxylation is 2. The molecular formula is C13H21N3. The quantitative estimate of drug-likeness (QED) is 0.388. The maximum absolute atomic E-state index is 7.47. The maximum atomic E-state index is 7.47. The Morgan fingerprint density at radius 3 is 2.44 bits per heavy atom. The van der Waals surface area contributed by atoms with Crippen molar-refractivity contribution >= 4 is 5.84 Å². The van der Waals surface area contributed by atoms with E-state index in [2.05, 4.69) is 13.0 Å². The first-order valence-electron chi connectivity index (χ1n) is 5.84. The molecule has 0 radical (unpaired) electrons. The highest BCUT2D eigenvalue weighted by Gasteiger charge is 2.02. The van der Waals surface area contributed by atoms with Gasteiger partial charge in [0.25, 0.3) is 0 Å². The molecule has 0 aliphatic heterocycles. The molecule has 0 aromatic heterocycles. The van der Waals surface area contributed by atoms with E-state index < -0.39 is 0 Å². The van der Waals surface area contributed by atoms with Crippen LogP contribution in [0.25, 0.3) is 0 Å². The zero-order valence-corrected chi connectivity index (χ0v) is 9.92. The number of amidine groups is 1. The Labute approximate surface area is 97.4 Å². The largest absolute Gasteiger partial charge is 0.384 e. The Hall–Kier alpha value is -1.35. The topological polar surface area (TPSA) is 75.9 Å². The molecule has 3 nitrogen and oxygen atoms in total. The highest BCUT2D eigenvalue weighted by Crippen LogP contribution is 2.13. The second kappa shape index (κ2) is 6.28. The van der Waals surface area contributed by atoms with Crippen LogP contribution < -0.4 is 11.5 Å². The van der Waals surface area contributed by atoms with Gasteiger partial charge >= 0.3 is 0 Å². The molecule has 0 aliphatic rings. The zero-order chi connectivity index (χ0) is 12.0. The fourth-order valence-electron chi connectivity index (χ4n) is 1.74. The Bertz CT molecular complexity index is 358. The van der Waals surface area contributed by atoms with Gasteiger partial charge in [-0.15, -0.1) is 0 Å². The molecule has 0 heterocycles. The number of benzene rings is 1. The van der Waals surface area contributed by atoms with E-state index in [1.165, 1.54) is 11.1 Å². The van der Waals surface area contributed by atoms with Gasteiger partial charge in [0.15, 0.2) is 0 Å². The van der Waals surface area contributed by atoms with Crippen LogP contribution in [0.2, 0.25) is 0 Å². The Morgan fingerprint density at radius 1 is 1.19 bits per heavy atom. The maximum Gasteiger partial charge on any atom is 0.122 e. The summed E-state index contributed by atoms with van der Waals surface area (Å²) in [6.45, 7) is 2.86. The molecule has 0 spiro atoms. The normalized spacial score (nSPS) is 10.4. The van der Waals surface area contributed by atoms with Gasteiger partial charge in [-0.3, -0.25) is 5.41 Å². The monoisotopic (exact) mass is 219 g/mol. The third-order valence-corrected chi connectivity index (χ3v) is 2.69. The summed E-state index contributed by atoms with van der Waals surface area (Å²) in [7, 11) is 0. The van der Waals surface area contributed by atoms with E-state index in [-0.39, 0.29) is 5.84 Å². The summed E-state index contributed by atoms with van der Waals surface area (Å²) < 4.78 is 0. The van der Waals surface area contributed by atoms with Crippen molar-refractivity contribution in [1.29, 1.82) is 5.41 Å². The molecule has 16 heavy (non-hydrogen) atoms. The van der Waals surface area contributed by atoms with Crippen LogP contribution in [0.1, 0.15) is 36.5 Å². The van der Waals surface area contributed by atoms with E-state index in [1.807, 2.05) is 12.1 Å². The van der Waals surface area contributed by atoms with E-state index in [4.69, 9.17) is 16.9 Å². The molecule has 0 amide bonds. The lowest BCUT2D eigenvalue weighted by Gasteiger charge is -2.07.